The fourth-order valence-electron chi connectivity index (χ4n) is 3.65. The van der Waals surface area contributed by atoms with Crippen molar-refractivity contribution < 1.29 is 17.9 Å². The highest BCUT2D eigenvalue weighted by Gasteiger charge is 2.26. The molecule has 1 aliphatic heterocycles. The Hall–Kier alpha value is -2.98. The first-order valence-corrected chi connectivity index (χ1v) is 13.0. The minimum Gasteiger partial charge on any atom is -0.496 e. The highest BCUT2D eigenvalue weighted by atomic mass is 32.2. The van der Waals surface area contributed by atoms with Gasteiger partial charge in [-0.05, 0) is 43.9 Å². The Morgan fingerprint density at radius 2 is 1.82 bits per heavy atom. The standard InChI is InChI=1S/C23H26N4O4S2/c1-15-4-6-17(7-5-15)21-24-25-23(32-21)26-33(29,30)18-8-9-20(31-3)19(14-18)22(28)27-12-10-16(2)11-13-27/h4-9,14,16H,10-13H2,1-3H3,(H,25,26). The molecular formula is C23H26N4O4S2. The average Bonchev–Trinajstić information content (AvgIpc) is 3.26. The van der Waals surface area contributed by atoms with E-state index in [4.69, 9.17) is 4.74 Å². The maximum absolute atomic E-state index is 13.1. The van der Waals surface area contributed by atoms with Crippen molar-refractivity contribution >= 4 is 32.4 Å². The summed E-state index contributed by atoms with van der Waals surface area (Å²) in [6, 6.07) is 12.0. The number of anilines is 1. The summed E-state index contributed by atoms with van der Waals surface area (Å²) < 4.78 is 33.9. The van der Waals surface area contributed by atoms with Gasteiger partial charge in [0.15, 0.2) is 0 Å². The lowest BCUT2D eigenvalue weighted by Gasteiger charge is -2.30. The predicted octanol–water partition coefficient (Wildman–Crippen LogP) is 4.20. The van der Waals surface area contributed by atoms with Crippen LogP contribution in [0.15, 0.2) is 47.4 Å². The van der Waals surface area contributed by atoms with Gasteiger partial charge in [0.2, 0.25) is 5.13 Å². The van der Waals surface area contributed by atoms with Crippen LogP contribution in [0.5, 0.6) is 5.75 Å². The number of rotatable bonds is 6. The predicted molar refractivity (Wildman–Crippen MR) is 128 cm³/mol. The zero-order valence-corrected chi connectivity index (χ0v) is 20.4. The second-order valence-corrected chi connectivity index (χ2v) is 10.9. The van der Waals surface area contributed by atoms with E-state index in [1.165, 1.54) is 25.3 Å². The van der Waals surface area contributed by atoms with Crippen LogP contribution in [0.4, 0.5) is 5.13 Å². The molecule has 1 N–H and O–H groups in total. The number of sulfonamides is 1. The van der Waals surface area contributed by atoms with Gasteiger partial charge in [0.25, 0.3) is 15.9 Å². The van der Waals surface area contributed by atoms with Gasteiger partial charge in [0.05, 0.1) is 17.6 Å². The highest BCUT2D eigenvalue weighted by molar-refractivity contribution is 7.93. The summed E-state index contributed by atoms with van der Waals surface area (Å²) >= 11 is 1.14. The molecule has 0 unspecified atom stereocenters. The number of hydrogen-bond acceptors (Lipinski definition) is 7. The lowest BCUT2D eigenvalue weighted by molar-refractivity contribution is 0.0693. The number of carbonyl (C=O) groups is 1. The molecule has 1 saturated heterocycles. The molecule has 0 atom stereocenters. The van der Waals surface area contributed by atoms with Crippen molar-refractivity contribution in [1.29, 1.82) is 0 Å². The van der Waals surface area contributed by atoms with E-state index in [9.17, 15) is 13.2 Å². The third-order valence-electron chi connectivity index (χ3n) is 5.73. The SMILES string of the molecule is COc1ccc(S(=O)(=O)Nc2nnc(-c3ccc(C)cc3)s2)cc1C(=O)N1CCC(C)CC1. The van der Waals surface area contributed by atoms with Gasteiger partial charge < -0.3 is 9.64 Å². The summed E-state index contributed by atoms with van der Waals surface area (Å²) in [5.74, 6) is 0.687. The molecule has 1 aliphatic rings. The topological polar surface area (TPSA) is 101 Å². The number of nitrogens with zero attached hydrogens (tertiary/aromatic N) is 3. The van der Waals surface area contributed by atoms with Crippen molar-refractivity contribution in [1.82, 2.24) is 15.1 Å². The smallest absolute Gasteiger partial charge is 0.263 e. The fraction of sp³-hybridized carbons (Fsp3) is 0.348. The minimum atomic E-state index is -3.98. The van der Waals surface area contributed by atoms with Crippen LogP contribution in [-0.2, 0) is 10.0 Å². The lowest BCUT2D eigenvalue weighted by atomic mass is 9.98. The van der Waals surface area contributed by atoms with Gasteiger partial charge in [0.1, 0.15) is 10.8 Å². The molecular weight excluding hydrogens is 460 g/mol. The van der Waals surface area contributed by atoms with Gasteiger partial charge in [-0.3, -0.25) is 9.52 Å². The van der Waals surface area contributed by atoms with Crippen LogP contribution in [0.25, 0.3) is 10.6 Å². The molecule has 8 nitrogen and oxygen atoms in total. The van der Waals surface area contributed by atoms with Crippen LogP contribution < -0.4 is 9.46 Å². The molecule has 1 aromatic heterocycles. The van der Waals surface area contributed by atoms with Crippen molar-refractivity contribution in [2.24, 2.45) is 5.92 Å². The quantitative estimate of drug-likeness (QED) is 0.560. The normalized spacial score (nSPS) is 14.8. The van der Waals surface area contributed by atoms with Crippen LogP contribution in [0.3, 0.4) is 0 Å². The van der Waals surface area contributed by atoms with Crippen molar-refractivity contribution in [2.45, 2.75) is 31.6 Å². The molecule has 174 valence electrons. The zero-order chi connectivity index (χ0) is 23.6. The first-order valence-electron chi connectivity index (χ1n) is 10.7. The van der Waals surface area contributed by atoms with Crippen LogP contribution >= 0.6 is 11.3 Å². The van der Waals surface area contributed by atoms with Gasteiger partial charge in [-0.15, -0.1) is 10.2 Å². The fourth-order valence-corrected chi connectivity index (χ4v) is 5.66. The summed E-state index contributed by atoms with van der Waals surface area (Å²) in [5, 5.41) is 8.83. The number of amides is 1. The maximum Gasteiger partial charge on any atom is 0.263 e. The molecule has 2 aromatic carbocycles. The van der Waals surface area contributed by atoms with Crippen molar-refractivity contribution in [2.75, 3.05) is 24.9 Å². The number of benzene rings is 2. The summed E-state index contributed by atoms with van der Waals surface area (Å²) in [4.78, 5) is 14.8. The van der Waals surface area contributed by atoms with Gasteiger partial charge in [-0.1, -0.05) is 48.1 Å². The summed E-state index contributed by atoms with van der Waals surface area (Å²) in [6.45, 7) is 5.44. The Kier molecular flexibility index (Phi) is 6.66. The molecule has 4 rings (SSSR count). The monoisotopic (exact) mass is 486 g/mol. The Labute approximate surface area is 197 Å². The van der Waals surface area contributed by atoms with Crippen molar-refractivity contribution in [3.05, 3.63) is 53.6 Å². The number of nitrogens with one attached hydrogen (secondary N) is 1. The molecule has 0 saturated carbocycles. The Morgan fingerprint density at radius 1 is 1.12 bits per heavy atom. The number of aryl methyl sites for hydroxylation is 1. The number of piperidine rings is 1. The molecule has 1 amide bonds. The van der Waals surface area contributed by atoms with E-state index < -0.39 is 10.0 Å². The van der Waals surface area contributed by atoms with E-state index in [1.807, 2.05) is 31.2 Å². The summed E-state index contributed by atoms with van der Waals surface area (Å²) in [6.07, 6.45) is 1.85. The highest BCUT2D eigenvalue weighted by Crippen LogP contribution is 2.30. The third-order valence-corrected chi connectivity index (χ3v) is 8.08. The van der Waals surface area contributed by atoms with Crippen molar-refractivity contribution in [3.8, 4) is 16.3 Å². The lowest BCUT2D eigenvalue weighted by Crippen LogP contribution is -2.38. The molecule has 0 aliphatic carbocycles. The van der Waals surface area contributed by atoms with E-state index in [0.717, 1.165) is 35.3 Å². The number of ether oxygens (including phenoxy) is 1. The molecule has 0 bridgehead atoms. The molecule has 10 heteroatoms. The Balaban J connectivity index is 1.57. The minimum absolute atomic E-state index is 0.0379. The van der Waals surface area contributed by atoms with E-state index >= 15 is 0 Å². The van der Waals surface area contributed by atoms with Gasteiger partial charge >= 0.3 is 0 Å². The number of aromatic nitrogens is 2. The van der Waals surface area contributed by atoms with E-state index in [2.05, 4.69) is 21.8 Å². The molecule has 33 heavy (non-hydrogen) atoms. The van der Waals surface area contributed by atoms with Gasteiger partial charge in [0, 0.05) is 18.7 Å². The zero-order valence-electron chi connectivity index (χ0n) is 18.7. The largest absolute Gasteiger partial charge is 0.496 e. The first-order chi connectivity index (χ1) is 15.8. The number of hydrogen-bond donors (Lipinski definition) is 1. The molecule has 0 radical (unpaired) electrons. The van der Waals surface area contributed by atoms with E-state index in [1.54, 1.807) is 4.90 Å². The van der Waals surface area contributed by atoms with Crippen LogP contribution in [0.1, 0.15) is 35.7 Å². The molecule has 2 heterocycles. The van der Waals surface area contributed by atoms with E-state index in [-0.39, 0.29) is 21.5 Å². The number of carbonyl (C=O) groups excluding carboxylic acids is 1. The van der Waals surface area contributed by atoms with Crippen LogP contribution in [0, 0.1) is 12.8 Å². The van der Waals surface area contributed by atoms with E-state index in [0.29, 0.717) is 29.8 Å². The molecule has 3 aromatic rings. The molecule has 0 spiro atoms. The average molecular weight is 487 g/mol. The van der Waals surface area contributed by atoms with Crippen LogP contribution in [0.2, 0.25) is 0 Å². The first kappa shape index (κ1) is 23.2. The van der Waals surface area contributed by atoms with Gasteiger partial charge in [-0.25, -0.2) is 8.42 Å². The number of methoxy groups -OCH3 is 1. The van der Waals surface area contributed by atoms with Crippen LogP contribution in [-0.4, -0.2) is 49.6 Å². The van der Waals surface area contributed by atoms with Crippen molar-refractivity contribution in [3.63, 3.8) is 0 Å². The number of likely N-dealkylation sites (tertiary alicyclic amines) is 1. The summed E-state index contributed by atoms with van der Waals surface area (Å²) in [7, 11) is -2.51. The maximum atomic E-state index is 13.1. The third kappa shape index (κ3) is 5.17. The second kappa shape index (κ2) is 9.48. The molecule has 1 fully saturated rings. The van der Waals surface area contributed by atoms with Gasteiger partial charge in [-0.2, -0.15) is 0 Å². The Bertz CT molecular complexity index is 1250. The Morgan fingerprint density at radius 3 is 2.48 bits per heavy atom. The second-order valence-electron chi connectivity index (χ2n) is 8.22. The summed E-state index contributed by atoms with van der Waals surface area (Å²) in [5.41, 5.74) is 2.21.